The van der Waals surface area contributed by atoms with E-state index in [1.54, 1.807) is 0 Å². The normalized spacial score (nSPS) is 18.8. The van der Waals surface area contributed by atoms with Crippen molar-refractivity contribution in [2.75, 3.05) is 13.1 Å². The van der Waals surface area contributed by atoms with Gasteiger partial charge in [0.05, 0.1) is 18.4 Å². The lowest BCUT2D eigenvalue weighted by molar-refractivity contribution is -0.00924. The Hall–Kier alpha value is -0.930. The Bertz CT molecular complexity index is 318. The predicted molar refractivity (Wildman–Crippen MR) is 68.8 cm³/mol. The van der Waals surface area contributed by atoms with Gasteiger partial charge in [-0.15, -0.1) is 0 Å². The first-order valence-electron chi connectivity index (χ1n) is 6.51. The molecule has 1 aromatic rings. The highest BCUT2D eigenvalue weighted by atomic mass is 16.5. The summed E-state index contributed by atoms with van der Waals surface area (Å²) in [7, 11) is 0. The van der Waals surface area contributed by atoms with Gasteiger partial charge in [0.2, 0.25) is 0 Å². The first-order valence-corrected chi connectivity index (χ1v) is 6.51. The molecule has 0 atom stereocenters. The SMILES string of the molecule is CC(C)N1CCC(OCc2ccccn2)CC1. The second kappa shape index (κ2) is 6.12. The summed E-state index contributed by atoms with van der Waals surface area (Å²) >= 11 is 0. The molecule has 1 saturated heterocycles. The van der Waals surface area contributed by atoms with Crippen molar-refractivity contribution in [1.82, 2.24) is 9.88 Å². The second-order valence-electron chi connectivity index (χ2n) is 4.96. The van der Waals surface area contributed by atoms with Crippen molar-refractivity contribution < 1.29 is 4.74 Å². The molecule has 2 heterocycles. The molecule has 1 aliphatic heterocycles. The number of nitrogens with zero attached hydrogens (tertiary/aromatic N) is 2. The Morgan fingerprint density at radius 3 is 2.71 bits per heavy atom. The van der Waals surface area contributed by atoms with Crippen molar-refractivity contribution >= 4 is 0 Å². The van der Waals surface area contributed by atoms with E-state index < -0.39 is 0 Å². The number of hydrogen-bond acceptors (Lipinski definition) is 3. The fourth-order valence-electron chi connectivity index (χ4n) is 2.25. The molecule has 94 valence electrons. The highest BCUT2D eigenvalue weighted by Gasteiger charge is 2.21. The van der Waals surface area contributed by atoms with Crippen molar-refractivity contribution in [2.24, 2.45) is 0 Å². The van der Waals surface area contributed by atoms with Crippen LogP contribution in [0.15, 0.2) is 24.4 Å². The van der Waals surface area contributed by atoms with Crippen LogP contribution in [0.3, 0.4) is 0 Å². The number of likely N-dealkylation sites (tertiary alicyclic amines) is 1. The van der Waals surface area contributed by atoms with Gasteiger partial charge in [-0.3, -0.25) is 4.98 Å². The zero-order valence-corrected chi connectivity index (χ0v) is 10.8. The molecular weight excluding hydrogens is 212 g/mol. The van der Waals surface area contributed by atoms with Crippen LogP contribution in [0.1, 0.15) is 32.4 Å². The molecule has 17 heavy (non-hydrogen) atoms. The van der Waals surface area contributed by atoms with Crippen LogP contribution in [0, 0.1) is 0 Å². The molecule has 3 heteroatoms. The molecule has 0 bridgehead atoms. The van der Waals surface area contributed by atoms with E-state index in [2.05, 4.69) is 23.7 Å². The van der Waals surface area contributed by atoms with Crippen molar-refractivity contribution in [3.8, 4) is 0 Å². The first-order chi connectivity index (χ1) is 8.25. The summed E-state index contributed by atoms with van der Waals surface area (Å²) in [5.74, 6) is 0. The highest BCUT2D eigenvalue weighted by Crippen LogP contribution is 2.16. The number of hydrogen-bond donors (Lipinski definition) is 0. The van der Waals surface area contributed by atoms with Gasteiger partial charge in [-0.05, 0) is 38.8 Å². The van der Waals surface area contributed by atoms with Crippen LogP contribution in [0.4, 0.5) is 0 Å². The van der Waals surface area contributed by atoms with Crippen LogP contribution in [-0.2, 0) is 11.3 Å². The van der Waals surface area contributed by atoms with Gasteiger partial charge in [-0.2, -0.15) is 0 Å². The molecule has 0 N–H and O–H groups in total. The molecule has 0 aliphatic carbocycles. The van der Waals surface area contributed by atoms with Crippen molar-refractivity contribution in [3.63, 3.8) is 0 Å². The Labute approximate surface area is 104 Å². The average molecular weight is 234 g/mol. The van der Waals surface area contributed by atoms with Crippen LogP contribution in [-0.4, -0.2) is 35.1 Å². The standard InChI is InChI=1S/C14H22N2O/c1-12(2)16-9-6-14(7-10-16)17-11-13-5-3-4-8-15-13/h3-5,8,12,14H,6-7,9-11H2,1-2H3. The molecule has 1 aliphatic rings. The fourth-order valence-corrected chi connectivity index (χ4v) is 2.25. The van der Waals surface area contributed by atoms with Gasteiger partial charge in [-0.25, -0.2) is 0 Å². The monoisotopic (exact) mass is 234 g/mol. The van der Waals surface area contributed by atoms with Gasteiger partial charge in [0.15, 0.2) is 0 Å². The quantitative estimate of drug-likeness (QED) is 0.800. The summed E-state index contributed by atoms with van der Waals surface area (Å²) in [6.07, 6.45) is 4.52. The van der Waals surface area contributed by atoms with Gasteiger partial charge in [0.1, 0.15) is 0 Å². The van der Waals surface area contributed by atoms with Gasteiger partial charge in [0.25, 0.3) is 0 Å². The maximum absolute atomic E-state index is 5.91. The summed E-state index contributed by atoms with van der Waals surface area (Å²) < 4.78 is 5.91. The van der Waals surface area contributed by atoms with Gasteiger partial charge in [0, 0.05) is 25.3 Å². The molecule has 0 spiro atoms. The fraction of sp³-hybridized carbons (Fsp3) is 0.643. The van der Waals surface area contributed by atoms with E-state index in [0.29, 0.717) is 18.8 Å². The smallest absolute Gasteiger partial charge is 0.0891 e. The van der Waals surface area contributed by atoms with Gasteiger partial charge >= 0.3 is 0 Å². The minimum Gasteiger partial charge on any atom is -0.372 e. The van der Waals surface area contributed by atoms with Crippen LogP contribution >= 0.6 is 0 Å². The van der Waals surface area contributed by atoms with Crippen molar-refractivity contribution in [2.45, 2.75) is 45.4 Å². The lowest BCUT2D eigenvalue weighted by Crippen LogP contribution is -2.40. The van der Waals surface area contributed by atoms with E-state index in [1.165, 1.54) is 0 Å². The Balaban J connectivity index is 1.72. The number of rotatable bonds is 4. The topological polar surface area (TPSA) is 25.4 Å². The zero-order chi connectivity index (χ0) is 12.1. The van der Waals surface area contributed by atoms with Gasteiger partial charge < -0.3 is 9.64 Å². The molecule has 0 saturated carbocycles. The summed E-state index contributed by atoms with van der Waals surface area (Å²) in [5.41, 5.74) is 1.03. The van der Waals surface area contributed by atoms with Crippen LogP contribution in [0.2, 0.25) is 0 Å². The predicted octanol–water partition coefficient (Wildman–Crippen LogP) is 2.47. The molecule has 2 rings (SSSR count). The number of aromatic nitrogens is 1. The van der Waals surface area contributed by atoms with E-state index in [9.17, 15) is 0 Å². The molecule has 0 unspecified atom stereocenters. The third kappa shape index (κ3) is 3.79. The average Bonchev–Trinajstić information content (AvgIpc) is 2.38. The number of ether oxygens (including phenoxy) is 1. The molecule has 3 nitrogen and oxygen atoms in total. The summed E-state index contributed by atoms with van der Waals surface area (Å²) in [6.45, 7) is 7.48. The first kappa shape index (κ1) is 12.5. The van der Waals surface area contributed by atoms with E-state index in [0.717, 1.165) is 31.6 Å². The highest BCUT2D eigenvalue weighted by molar-refractivity contribution is 5.01. The third-order valence-corrected chi connectivity index (χ3v) is 3.40. The summed E-state index contributed by atoms with van der Waals surface area (Å²) in [4.78, 5) is 6.79. The molecule has 0 radical (unpaired) electrons. The molecular formula is C14H22N2O. The molecule has 0 aromatic carbocycles. The van der Waals surface area contributed by atoms with Crippen molar-refractivity contribution in [1.29, 1.82) is 0 Å². The summed E-state index contributed by atoms with van der Waals surface area (Å²) in [5, 5.41) is 0. The Morgan fingerprint density at radius 1 is 1.35 bits per heavy atom. The van der Waals surface area contributed by atoms with Crippen LogP contribution in [0.5, 0.6) is 0 Å². The lowest BCUT2D eigenvalue weighted by atomic mass is 10.1. The third-order valence-electron chi connectivity index (χ3n) is 3.40. The van der Waals surface area contributed by atoms with E-state index >= 15 is 0 Å². The van der Waals surface area contributed by atoms with Crippen molar-refractivity contribution in [3.05, 3.63) is 30.1 Å². The van der Waals surface area contributed by atoms with Gasteiger partial charge in [-0.1, -0.05) is 6.07 Å². The Kier molecular flexibility index (Phi) is 4.51. The van der Waals surface area contributed by atoms with E-state index in [-0.39, 0.29) is 0 Å². The zero-order valence-electron chi connectivity index (χ0n) is 10.8. The largest absolute Gasteiger partial charge is 0.372 e. The van der Waals surface area contributed by atoms with Crippen LogP contribution < -0.4 is 0 Å². The second-order valence-corrected chi connectivity index (χ2v) is 4.96. The maximum atomic E-state index is 5.91. The molecule has 1 fully saturated rings. The number of pyridine rings is 1. The lowest BCUT2D eigenvalue weighted by Gasteiger charge is -2.34. The summed E-state index contributed by atoms with van der Waals surface area (Å²) in [6, 6.07) is 6.62. The minimum absolute atomic E-state index is 0.409. The molecule has 1 aromatic heterocycles. The minimum atomic E-state index is 0.409. The number of piperidine rings is 1. The van der Waals surface area contributed by atoms with Crippen LogP contribution in [0.25, 0.3) is 0 Å². The van der Waals surface area contributed by atoms with E-state index in [4.69, 9.17) is 4.74 Å². The maximum Gasteiger partial charge on any atom is 0.0891 e. The Morgan fingerprint density at radius 2 is 2.12 bits per heavy atom. The van der Waals surface area contributed by atoms with E-state index in [1.807, 2.05) is 24.4 Å². The molecule has 0 amide bonds.